The van der Waals surface area contributed by atoms with E-state index in [2.05, 4.69) is 20.8 Å². The molecule has 0 aliphatic rings. The molecule has 0 unspecified atom stereocenters. The number of phenols is 1. The minimum atomic E-state index is -0.477. The van der Waals surface area contributed by atoms with Crippen LogP contribution in [0.1, 0.15) is 48.3 Å². The van der Waals surface area contributed by atoms with Gasteiger partial charge in [-0.05, 0) is 55.0 Å². The number of furan rings is 1. The van der Waals surface area contributed by atoms with Crippen LogP contribution in [0.5, 0.6) is 5.75 Å². The third-order valence-electron chi connectivity index (χ3n) is 5.76. The Balaban J connectivity index is 1.35. The van der Waals surface area contributed by atoms with E-state index in [4.69, 9.17) is 8.94 Å². The molecule has 0 saturated carbocycles. The Morgan fingerprint density at radius 2 is 1.83 bits per heavy atom. The van der Waals surface area contributed by atoms with Crippen molar-refractivity contribution in [3.8, 4) is 5.75 Å². The number of aromatic amines is 1. The molecule has 0 saturated heterocycles. The van der Waals surface area contributed by atoms with Crippen LogP contribution in [0.15, 0.2) is 57.5 Å². The molecular formula is C26H24N4O5. The number of urea groups is 1. The summed E-state index contributed by atoms with van der Waals surface area (Å²) in [6, 6.07) is 12.8. The summed E-state index contributed by atoms with van der Waals surface area (Å²) >= 11 is 0. The van der Waals surface area contributed by atoms with Crippen LogP contribution in [0, 0.1) is 6.92 Å². The van der Waals surface area contributed by atoms with E-state index < -0.39 is 6.03 Å². The second kappa shape index (κ2) is 8.05. The molecule has 0 radical (unpaired) electrons. The fourth-order valence-corrected chi connectivity index (χ4v) is 3.86. The lowest BCUT2D eigenvalue weighted by molar-refractivity contribution is 0.101. The maximum Gasteiger partial charge on any atom is 0.324 e. The molecule has 178 valence electrons. The first-order valence-electron chi connectivity index (χ1n) is 11.0. The van der Waals surface area contributed by atoms with E-state index in [0.29, 0.717) is 33.9 Å². The largest absolute Gasteiger partial charge is 0.508 e. The molecule has 9 nitrogen and oxygen atoms in total. The Bertz CT molecular complexity index is 1600. The van der Waals surface area contributed by atoms with Crippen LogP contribution in [0.4, 0.5) is 16.3 Å². The number of H-pyrrole nitrogens is 1. The number of nitrogens with one attached hydrogen (secondary N) is 3. The zero-order valence-electron chi connectivity index (χ0n) is 19.6. The van der Waals surface area contributed by atoms with Gasteiger partial charge < -0.3 is 24.3 Å². The van der Waals surface area contributed by atoms with Gasteiger partial charge >= 0.3 is 6.03 Å². The Kier molecular flexibility index (Phi) is 5.12. The van der Waals surface area contributed by atoms with Crippen LogP contribution in [0.3, 0.4) is 0 Å². The van der Waals surface area contributed by atoms with Crippen LogP contribution < -0.4 is 10.6 Å². The molecule has 3 heterocycles. The highest BCUT2D eigenvalue weighted by Crippen LogP contribution is 2.30. The number of amides is 2. The van der Waals surface area contributed by atoms with Gasteiger partial charge in [-0.2, -0.15) is 0 Å². The summed E-state index contributed by atoms with van der Waals surface area (Å²) in [5, 5.41) is 20.5. The number of rotatable bonds is 4. The number of aromatic hydroxyl groups is 1. The third kappa shape index (κ3) is 4.23. The fraction of sp³-hybridized carbons (Fsp3) is 0.192. The van der Waals surface area contributed by atoms with Crippen molar-refractivity contribution in [1.29, 1.82) is 0 Å². The summed E-state index contributed by atoms with van der Waals surface area (Å²) in [4.78, 5) is 28.7. The number of fused-ring (bicyclic) bond motifs is 2. The predicted molar refractivity (Wildman–Crippen MR) is 132 cm³/mol. The Morgan fingerprint density at radius 3 is 2.57 bits per heavy atom. The van der Waals surface area contributed by atoms with Crippen molar-refractivity contribution in [2.24, 2.45) is 0 Å². The number of anilines is 2. The minimum absolute atomic E-state index is 0.129. The quantitative estimate of drug-likeness (QED) is 0.234. The highest BCUT2D eigenvalue weighted by Gasteiger charge is 2.22. The number of phenolic OH excluding ortho intramolecular Hbond substituents is 1. The van der Waals surface area contributed by atoms with Crippen LogP contribution in [-0.2, 0) is 5.41 Å². The first-order chi connectivity index (χ1) is 16.6. The molecule has 9 heteroatoms. The van der Waals surface area contributed by atoms with E-state index >= 15 is 0 Å². The first-order valence-corrected chi connectivity index (χ1v) is 11.0. The molecule has 5 aromatic rings. The lowest BCUT2D eigenvalue weighted by Gasteiger charge is -2.12. The third-order valence-corrected chi connectivity index (χ3v) is 5.76. The van der Waals surface area contributed by atoms with Gasteiger partial charge in [0.05, 0.1) is 5.69 Å². The average molecular weight is 473 g/mol. The summed E-state index contributed by atoms with van der Waals surface area (Å²) in [5.74, 6) is 0.961. The second-order valence-corrected chi connectivity index (χ2v) is 9.45. The molecule has 0 fully saturated rings. The van der Waals surface area contributed by atoms with Crippen molar-refractivity contribution < 1.29 is 23.6 Å². The molecule has 0 atom stereocenters. The van der Waals surface area contributed by atoms with E-state index in [1.807, 2.05) is 27.7 Å². The number of ketones is 1. The number of aromatic nitrogens is 2. The molecule has 3 aromatic heterocycles. The summed E-state index contributed by atoms with van der Waals surface area (Å²) < 4.78 is 11.1. The number of aryl methyl sites for hydroxylation is 1. The normalized spacial score (nSPS) is 11.8. The van der Waals surface area contributed by atoms with Crippen LogP contribution in [0.25, 0.3) is 21.9 Å². The first kappa shape index (κ1) is 22.3. The van der Waals surface area contributed by atoms with Crippen molar-refractivity contribution in [2.75, 3.05) is 10.6 Å². The molecule has 2 amide bonds. The Labute approximate surface area is 200 Å². The van der Waals surface area contributed by atoms with Crippen LogP contribution in [0.2, 0.25) is 0 Å². The van der Waals surface area contributed by atoms with E-state index in [9.17, 15) is 14.7 Å². The number of nitrogens with zero attached hydrogens (tertiary/aromatic N) is 1. The van der Waals surface area contributed by atoms with Gasteiger partial charge in [-0.25, -0.2) is 4.79 Å². The molecule has 0 spiro atoms. The van der Waals surface area contributed by atoms with E-state index in [1.165, 1.54) is 0 Å². The molecule has 5 rings (SSSR count). The summed E-state index contributed by atoms with van der Waals surface area (Å²) in [5.41, 5.74) is 2.67. The van der Waals surface area contributed by atoms with Crippen molar-refractivity contribution in [1.82, 2.24) is 10.1 Å². The van der Waals surface area contributed by atoms with Gasteiger partial charge in [0.1, 0.15) is 17.1 Å². The lowest BCUT2D eigenvalue weighted by atomic mass is 9.93. The number of hydrogen-bond donors (Lipinski definition) is 4. The summed E-state index contributed by atoms with van der Waals surface area (Å²) in [7, 11) is 0. The molecule has 4 N–H and O–H groups in total. The standard InChI is InChI=1S/C26H24N4O5/c1-13-17-11-16(31)6-7-18(17)28-23(13)24(32)20-10-14-9-15(5-8-19(14)34-20)27-25(33)29-22-12-21(35-30-22)26(2,3)4/h5-12,28,31H,1-4H3,(H2,27,29,30,33). The van der Waals surface area contributed by atoms with Crippen molar-refractivity contribution in [2.45, 2.75) is 33.1 Å². The Morgan fingerprint density at radius 1 is 1.03 bits per heavy atom. The highest BCUT2D eigenvalue weighted by atomic mass is 16.5. The van der Waals surface area contributed by atoms with E-state index in [1.54, 1.807) is 48.5 Å². The Hall–Kier alpha value is -4.53. The van der Waals surface area contributed by atoms with Gasteiger partial charge in [0, 0.05) is 33.5 Å². The number of carbonyl (C=O) groups excluding carboxylic acids is 2. The number of benzene rings is 2. The van der Waals surface area contributed by atoms with Crippen molar-refractivity contribution in [3.63, 3.8) is 0 Å². The molecule has 0 aliphatic heterocycles. The topological polar surface area (TPSA) is 133 Å². The monoisotopic (exact) mass is 472 g/mol. The van der Waals surface area contributed by atoms with Crippen molar-refractivity contribution >= 4 is 45.2 Å². The molecule has 0 aliphatic carbocycles. The molecule has 0 bridgehead atoms. The second-order valence-electron chi connectivity index (χ2n) is 9.45. The minimum Gasteiger partial charge on any atom is -0.508 e. The van der Waals surface area contributed by atoms with Crippen LogP contribution >= 0.6 is 0 Å². The molecule has 2 aromatic carbocycles. The number of carbonyl (C=O) groups is 2. The van der Waals surface area contributed by atoms with Gasteiger partial charge in [0.2, 0.25) is 5.78 Å². The van der Waals surface area contributed by atoms with Crippen molar-refractivity contribution in [3.05, 3.63) is 71.3 Å². The fourth-order valence-electron chi connectivity index (χ4n) is 3.86. The molecular weight excluding hydrogens is 448 g/mol. The van der Waals surface area contributed by atoms with Gasteiger partial charge in [-0.3, -0.25) is 10.1 Å². The van der Waals surface area contributed by atoms with E-state index in [0.717, 1.165) is 16.5 Å². The van der Waals surface area contributed by atoms with E-state index in [-0.39, 0.29) is 22.7 Å². The van der Waals surface area contributed by atoms with Gasteiger partial charge in [-0.1, -0.05) is 25.9 Å². The number of hydrogen-bond acceptors (Lipinski definition) is 6. The lowest BCUT2D eigenvalue weighted by Crippen LogP contribution is -2.19. The smallest absolute Gasteiger partial charge is 0.324 e. The summed E-state index contributed by atoms with van der Waals surface area (Å²) in [6.07, 6.45) is 0. The SMILES string of the molecule is Cc1c(C(=O)c2cc3cc(NC(=O)Nc4cc(C(C)(C)C)on4)ccc3o2)[nH]c2ccc(O)cc12. The van der Waals surface area contributed by atoms with Crippen LogP contribution in [-0.4, -0.2) is 27.1 Å². The zero-order valence-corrected chi connectivity index (χ0v) is 19.6. The maximum atomic E-state index is 13.1. The average Bonchev–Trinajstić information content (AvgIpc) is 3.50. The van der Waals surface area contributed by atoms with Gasteiger partial charge in [0.25, 0.3) is 0 Å². The zero-order chi connectivity index (χ0) is 24.9. The maximum absolute atomic E-state index is 13.1. The van der Waals surface area contributed by atoms with Gasteiger partial charge in [0.15, 0.2) is 11.6 Å². The predicted octanol–water partition coefficient (Wildman–Crippen LogP) is 6.09. The van der Waals surface area contributed by atoms with Gasteiger partial charge in [-0.15, -0.1) is 0 Å². The summed E-state index contributed by atoms with van der Waals surface area (Å²) in [6.45, 7) is 7.77. The molecule has 35 heavy (non-hydrogen) atoms. The highest BCUT2D eigenvalue weighted by molar-refractivity contribution is 6.12.